The average molecular weight is 330 g/mol. The van der Waals surface area contributed by atoms with Crippen LogP contribution in [0.25, 0.3) is 0 Å². The minimum atomic E-state index is 0.147. The number of amides is 2. The zero-order valence-electron chi connectivity index (χ0n) is 14.4. The van der Waals surface area contributed by atoms with Gasteiger partial charge in [-0.2, -0.15) is 0 Å². The molecule has 24 heavy (non-hydrogen) atoms. The third-order valence-corrected chi connectivity index (χ3v) is 5.05. The first-order valence-corrected chi connectivity index (χ1v) is 8.88. The molecule has 130 valence electrons. The van der Waals surface area contributed by atoms with E-state index in [0.717, 1.165) is 44.5 Å². The summed E-state index contributed by atoms with van der Waals surface area (Å²) < 4.78 is 5.26. The lowest BCUT2D eigenvalue weighted by Crippen LogP contribution is -2.39. The maximum atomic E-state index is 12.5. The highest BCUT2D eigenvalue weighted by atomic mass is 16.5. The molecule has 0 radical (unpaired) electrons. The number of carbonyl (C=O) groups excluding carboxylic acids is 2. The molecule has 1 saturated heterocycles. The summed E-state index contributed by atoms with van der Waals surface area (Å²) >= 11 is 0. The Labute approximate surface area is 143 Å². The van der Waals surface area contributed by atoms with Crippen molar-refractivity contribution in [3.8, 4) is 5.75 Å². The maximum Gasteiger partial charge on any atom is 0.224 e. The first-order valence-electron chi connectivity index (χ1n) is 8.88. The molecule has 1 aromatic carbocycles. The second-order valence-electron chi connectivity index (χ2n) is 6.64. The Kier molecular flexibility index (Phi) is 5.38. The minimum absolute atomic E-state index is 0.147. The van der Waals surface area contributed by atoms with Gasteiger partial charge in [0.1, 0.15) is 5.75 Å². The molecule has 0 unspecified atom stereocenters. The standard InChI is InChI=1S/C19H26N2O3/c1-24-17-7-6-16-14-21(11-8-15(16)13-17)19(23)9-12-20-10-4-2-3-5-18(20)22/h6-7,13H,2-5,8-12,14H2,1H3. The number of methoxy groups -OCH3 is 1. The zero-order valence-corrected chi connectivity index (χ0v) is 14.4. The highest BCUT2D eigenvalue weighted by Gasteiger charge is 2.23. The summed E-state index contributed by atoms with van der Waals surface area (Å²) in [4.78, 5) is 28.3. The predicted octanol–water partition coefficient (Wildman–Crippen LogP) is 2.37. The molecule has 2 aliphatic rings. The molecule has 2 amide bonds. The highest BCUT2D eigenvalue weighted by molar-refractivity contribution is 5.79. The van der Waals surface area contributed by atoms with E-state index >= 15 is 0 Å². The Morgan fingerprint density at radius 1 is 1.12 bits per heavy atom. The third kappa shape index (κ3) is 3.89. The van der Waals surface area contributed by atoms with Gasteiger partial charge in [-0.3, -0.25) is 9.59 Å². The van der Waals surface area contributed by atoms with E-state index in [1.54, 1.807) is 7.11 Å². The molecule has 0 spiro atoms. The van der Waals surface area contributed by atoms with E-state index in [4.69, 9.17) is 4.74 Å². The molecule has 0 N–H and O–H groups in total. The van der Waals surface area contributed by atoms with Crippen molar-refractivity contribution in [2.45, 2.75) is 45.1 Å². The van der Waals surface area contributed by atoms with E-state index in [0.29, 0.717) is 25.9 Å². The van der Waals surface area contributed by atoms with Crippen LogP contribution in [0.1, 0.15) is 43.2 Å². The van der Waals surface area contributed by atoms with Crippen LogP contribution in [0, 0.1) is 0 Å². The molecule has 1 fully saturated rings. The van der Waals surface area contributed by atoms with Gasteiger partial charge in [-0.25, -0.2) is 0 Å². The van der Waals surface area contributed by atoms with Gasteiger partial charge in [0.25, 0.3) is 0 Å². The fourth-order valence-corrected chi connectivity index (χ4v) is 3.53. The lowest BCUT2D eigenvalue weighted by Gasteiger charge is -2.30. The van der Waals surface area contributed by atoms with Crippen LogP contribution in [-0.4, -0.2) is 48.4 Å². The van der Waals surface area contributed by atoms with Gasteiger partial charge >= 0.3 is 0 Å². The van der Waals surface area contributed by atoms with Crippen molar-refractivity contribution in [3.05, 3.63) is 29.3 Å². The summed E-state index contributed by atoms with van der Waals surface area (Å²) in [5.74, 6) is 1.22. The number of rotatable bonds is 4. The van der Waals surface area contributed by atoms with Gasteiger partial charge in [-0.05, 0) is 42.5 Å². The fraction of sp³-hybridized carbons (Fsp3) is 0.579. The van der Waals surface area contributed by atoms with Gasteiger partial charge < -0.3 is 14.5 Å². The molecule has 1 aromatic rings. The number of likely N-dealkylation sites (tertiary alicyclic amines) is 1. The van der Waals surface area contributed by atoms with Gasteiger partial charge in [-0.1, -0.05) is 12.5 Å². The molecule has 5 heteroatoms. The molecule has 2 heterocycles. The molecule has 0 aromatic heterocycles. The normalized spacial score (nSPS) is 18.1. The van der Waals surface area contributed by atoms with Gasteiger partial charge in [0.05, 0.1) is 7.11 Å². The van der Waals surface area contributed by atoms with Crippen LogP contribution in [0.2, 0.25) is 0 Å². The second kappa shape index (κ2) is 7.69. The summed E-state index contributed by atoms with van der Waals surface area (Å²) in [6.07, 6.45) is 5.07. The number of nitrogens with zero attached hydrogens (tertiary/aromatic N) is 2. The number of ether oxygens (including phenoxy) is 1. The van der Waals surface area contributed by atoms with Crippen LogP contribution >= 0.6 is 0 Å². The van der Waals surface area contributed by atoms with Crippen LogP contribution in [0.3, 0.4) is 0 Å². The summed E-state index contributed by atoms with van der Waals surface area (Å²) in [7, 11) is 1.67. The van der Waals surface area contributed by atoms with E-state index in [-0.39, 0.29) is 11.8 Å². The first-order chi connectivity index (χ1) is 11.7. The number of hydrogen-bond donors (Lipinski definition) is 0. The molecule has 3 rings (SSSR count). The molecule has 2 aliphatic heterocycles. The smallest absolute Gasteiger partial charge is 0.224 e. The zero-order chi connectivity index (χ0) is 16.9. The van der Waals surface area contributed by atoms with Crippen LogP contribution in [0.4, 0.5) is 0 Å². The van der Waals surface area contributed by atoms with Crippen molar-refractivity contribution in [2.75, 3.05) is 26.7 Å². The number of hydrogen-bond acceptors (Lipinski definition) is 3. The predicted molar refractivity (Wildman–Crippen MR) is 91.8 cm³/mol. The highest BCUT2D eigenvalue weighted by Crippen LogP contribution is 2.24. The lowest BCUT2D eigenvalue weighted by molar-refractivity contribution is -0.134. The molecule has 0 aliphatic carbocycles. The molecule has 0 saturated carbocycles. The third-order valence-electron chi connectivity index (χ3n) is 5.05. The van der Waals surface area contributed by atoms with E-state index in [9.17, 15) is 9.59 Å². The Bertz CT molecular complexity index is 615. The Hall–Kier alpha value is -2.04. The van der Waals surface area contributed by atoms with Gasteiger partial charge in [-0.15, -0.1) is 0 Å². The molecule has 0 atom stereocenters. The maximum absolute atomic E-state index is 12.5. The van der Waals surface area contributed by atoms with Crippen molar-refractivity contribution < 1.29 is 14.3 Å². The summed E-state index contributed by atoms with van der Waals surface area (Å²) in [5.41, 5.74) is 2.46. The van der Waals surface area contributed by atoms with Crippen LogP contribution in [-0.2, 0) is 22.6 Å². The van der Waals surface area contributed by atoms with Crippen molar-refractivity contribution in [3.63, 3.8) is 0 Å². The van der Waals surface area contributed by atoms with E-state index in [1.807, 2.05) is 21.9 Å². The molecule has 0 bridgehead atoms. The second-order valence-corrected chi connectivity index (χ2v) is 6.64. The van der Waals surface area contributed by atoms with Gasteiger partial charge in [0.15, 0.2) is 0 Å². The largest absolute Gasteiger partial charge is 0.497 e. The summed E-state index contributed by atoms with van der Waals surface area (Å²) in [5, 5.41) is 0. The van der Waals surface area contributed by atoms with Crippen molar-refractivity contribution in [1.29, 1.82) is 0 Å². The molecule has 5 nitrogen and oxygen atoms in total. The number of benzene rings is 1. The average Bonchev–Trinajstić information content (AvgIpc) is 2.82. The van der Waals surface area contributed by atoms with Crippen LogP contribution < -0.4 is 4.74 Å². The van der Waals surface area contributed by atoms with E-state index < -0.39 is 0 Å². The van der Waals surface area contributed by atoms with Crippen molar-refractivity contribution in [1.82, 2.24) is 9.80 Å². The van der Waals surface area contributed by atoms with E-state index in [1.165, 1.54) is 11.1 Å². The molecular formula is C19H26N2O3. The summed E-state index contributed by atoms with van der Waals surface area (Å²) in [6.45, 7) is 2.76. The van der Waals surface area contributed by atoms with Crippen molar-refractivity contribution in [2.24, 2.45) is 0 Å². The Balaban J connectivity index is 1.55. The summed E-state index contributed by atoms with van der Waals surface area (Å²) in [6, 6.07) is 6.06. The Morgan fingerprint density at radius 2 is 2.00 bits per heavy atom. The van der Waals surface area contributed by atoms with E-state index in [2.05, 4.69) is 6.07 Å². The fourth-order valence-electron chi connectivity index (χ4n) is 3.53. The lowest BCUT2D eigenvalue weighted by atomic mass is 9.99. The van der Waals surface area contributed by atoms with Crippen LogP contribution in [0.15, 0.2) is 18.2 Å². The first kappa shape index (κ1) is 16.8. The van der Waals surface area contributed by atoms with Gasteiger partial charge in [0, 0.05) is 39.0 Å². The van der Waals surface area contributed by atoms with Crippen molar-refractivity contribution >= 4 is 11.8 Å². The molecular weight excluding hydrogens is 304 g/mol. The van der Waals surface area contributed by atoms with Crippen LogP contribution in [0.5, 0.6) is 5.75 Å². The SMILES string of the molecule is COc1ccc2c(c1)CCN(C(=O)CCN1CCCCCC1=O)C2. The monoisotopic (exact) mass is 330 g/mol. The number of carbonyl (C=O) groups is 2. The minimum Gasteiger partial charge on any atom is -0.497 e. The van der Waals surface area contributed by atoms with Gasteiger partial charge in [0.2, 0.25) is 11.8 Å². The topological polar surface area (TPSA) is 49.9 Å². The quantitative estimate of drug-likeness (QED) is 0.852. The number of fused-ring (bicyclic) bond motifs is 1. The Morgan fingerprint density at radius 3 is 2.83 bits per heavy atom.